The van der Waals surface area contributed by atoms with Gasteiger partial charge < -0.3 is 9.84 Å². The molecule has 0 saturated heterocycles. The molecule has 0 spiro atoms. The Labute approximate surface area is 104 Å². The first-order valence-corrected chi connectivity index (χ1v) is 6.50. The molecule has 98 valence electrons. The van der Waals surface area contributed by atoms with Crippen LogP contribution in [0.25, 0.3) is 0 Å². The van der Waals surface area contributed by atoms with Crippen LogP contribution in [0, 0.1) is 18.8 Å². The third kappa shape index (κ3) is 5.82. The Morgan fingerprint density at radius 3 is 2.12 bits per heavy atom. The van der Waals surface area contributed by atoms with Crippen molar-refractivity contribution < 1.29 is 4.52 Å². The lowest BCUT2D eigenvalue weighted by Crippen LogP contribution is -2.31. The quantitative estimate of drug-likeness (QED) is 0.795. The van der Waals surface area contributed by atoms with Gasteiger partial charge in [-0.3, -0.25) is 0 Å². The van der Waals surface area contributed by atoms with Crippen LogP contribution in [-0.2, 0) is 6.54 Å². The van der Waals surface area contributed by atoms with Crippen molar-refractivity contribution >= 4 is 0 Å². The van der Waals surface area contributed by atoms with Gasteiger partial charge in [0.1, 0.15) is 0 Å². The first-order chi connectivity index (χ1) is 7.97. The van der Waals surface area contributed by atoms with Crippen LogP contribution in [0.5, 0.6) is 0 Å². The van der Waals surface area contributed by atoms with Gasteiger partial charge in [-0.2, -0.15) is 4.98 Å². The van der Waals surface area contributed by atoms with E-state index in [1.807, 2.05) is 6.92 Å². The van der Waals surface area contributed by atoms with Crippen LogP contribution in [0.3, 0.4) is 0 Å². The van der Waals surface area contributed by atoms with E-state index in [0.717, 1.165) is 5.82 Å². The zero-order valence-corrected chi connectivity index (χ0v) is 11.7. The highest BCUT2D eigenvalue weighted by Gasteiger charge is 2.13. The van der Waals surface area contributed by atoms with Crippen molar-refractivity contribution in [1.82, 2.24) is 15.5 Å². The summed E-state index contributed by atoms with van der Waals surface area (Å²) in [4.78, 5) is 4.20. The van der Waals surface area contributed by atoms with Crippen LogP contribution >= 0.6 is 0 Å². The highest BCUT2D eigenvalue weighted by Crippen LogP contribution is 2.13. The van der Waals surface area contributed by atoms with Gasteiger partial charge in [0, 0.05) is 13.0 Å². The normalized spacial score (nSPS) is 12.0. The van der Waals surface area contributed by atoms with Crippen molar-refractivity contribution in [2.75, 3.05) is 0 Å². The number of aryl methyl sites for hydroxylation is 1. The molecule has 1 aromatic rings. The minimum absolute atomic E-state index is 0.536. The van der Waals surface area contributed by atoms with Gasteiger partial charge in [0.25, 0.3) is 0 Å². The summed E-state index contributed by atoms with van der Waals surface area (Å²) in [6.07, 6.45) is 2.38. The molecule has 1 N–H and O–H groups in total. The van der Waals surface area contributed by atoms with Gasteiger partial charge in [-0.15, -0.1) is 0 Å². The molecule has 1 aromatic heterocycles. The Bertz CT molecular complexity index is 310. The summed E-state index contributed by atoms with van der Waals surface area (Å²) < 4.78 is 4.96. The first-order valence-electron chi connectivity index (χ1n) is 6.50. The van der Waals surface area contributed by atoms with E-state index in [1.165, 1.54) is 12.8 Å². The molecule has 4 heteroatoms. The molecule has 4 nitrogen and oxygen atoms in total. The highest BCUT2D eigenvalue weighted by molar-refractivity contribution is 4.84. The van der Waals surface area contributed by atoms with Gasteiger partial charge in [-0.25, -0.2) is 0 Å². The van der Waals surface area contributed by atoms with Crippen molar-refractivity contribution in [2.45, 2.75) is 60.0 Å². The summed E-state index contributed by atoms with van der Waals surface area (Å²) in [5.41, 5.74) is 0. The Hall–Kier alpha value is -0.900. The Kier molecular flexibility index (Phi) is 5.62. The third-order valence-corrected chi connectivity index (χ3v) is 2.63. The number of aromatic nitrogens is 2. The predicted molar refractivity (Wildman–Crippen MR) is 68.6 cm³/mol. The summed E-state index contributed by atoms with van der Waals surface area (Å²) >= 11 is 0. The van der Waals surface area contributed by atoms with Crippen molar-refractivity contribution in [2.24, 2.45) is 11.8 Å². The third-order valence-electron chi connectivity index (χ3n) is 2.63. The number of hydrogen-bond acceptors (Lipinski definition) is 4. The van der Waals surface area contributed by atoms with Crippen LogP contribution in [0.2, 0.25) is 0 Å². The average Bonchev–Trinajstić information content (AvgIpc) is 2.59. The van der Waals surface area contributed by atoms with Crippen molar-refractivity contribution in [3.63, 3.8) is 0 Å². The zero-order chi connectivity index (χ0) is 12.8. The minimum Gasteiger partial charge on any atom is -0.340 e. The number of nitrogens with one attached hydrogen (secondary N) is 1. The van der Waals surface area contributed by atoms with Gasteiger partial charge in [0.2, 0.25) is 5.89 Å². The topological polar surface area (TPSA) is 51.0 Å². The highest BCUT2D eigenvalue weighted by atomic mass is 16.5. The molecule has 0 aliphatic rings. The smallest absolute Gasteiger partial charge is 0.223 e. The van der Waals surface area contributed by atoms with Gasteiger partial charge in [0.15, 0.2) is 5.82 Å². The number of hydrogen-bond donors (Lipinski definition) is 1. The maximum absolute atomic E-state index is 4.96. The first kappa shape index (κ1) is 14.2. The van der Waals surface area contributed by atoms with E-state index in [4.69, 9.17) is 4.52 Å². The van der Waals surface area contributed by atoms with E-state index < -0.39 is 0 Å². The molecule has 0 aliphatic carbocycles. The fraction of sp³-hybridized carbons (Fsp3) is 0.846. The van der Waals surface area contributed by atoms with Gasteiger partial charge >= 0.3 is 0 Å². The molecular weight excluding hydrogens is 214 g/mol. The largest absolute Gasteiger partial charge is 0.340 e. The standard InChI is InChI=1S/C13H25N3O/c1-9(2)6-12(7-10(3)4)14-8-13-15-11(5)17-16-13/h9-10,12,14H,6-8H2,1-5H3. The van der Waals surface area contributed by atoms with Crippen LogP contribution in [-0.4, -0.2) is 16.2 Å². The lowest BCUT2D eigenvalue weighted by Gasteiger charge is -2.21. The van der Waals surface area contributed by atoms with E-state index in [2.05, 4.69) is 43.2 Å². The lowest BCUT2D eigenvalue weighted by molar-refractivity contribution is 0.348. The Morgan fingerprint density at radius 1 is 1.12 bits per heavy atom. The van der Waals surface area contributed by atoms with E-state index in [0.29, 0.717) is 30.3 Å². The molecule has 0 fully saturated rings. The van der Waals surface area contributed by atoms with Gasteiger partial charge in [0.05, 0.1) is 6.54 Å². The molecule has 17 heavy (non-hydrogen) atoms. The molecule has 0 atom stereocenters. The molecule has 0 aliphatic heterocycles. The maximum atomic E-state index is 4.96. The van der Waals surface area contributed by atoms with Crippen LogP contribution < -0.4 is 5.32 Å². The van der Waals surface area contributed by atoms with E-state index in [1.54, 1.807) is 0 Å². The fourth-order valence-corrected chi connectivity index (χ4v) is 2.05. The predicted octanol–water partition coefficient (Wildman–Crippen LogP) is 2.93. The molecule has 0 unspecified atom stereocenters. The van der Waals surface area contributed by atoms with Crippen molar-refractivity contribution in [1.29, 1.82) is 0 Å². The zero-order valence-electron chi connectivity index (χ0n) is 11.7. The SMILES string of the molecule is Cc1nc(CNC(CC(C)C)CC(C)C)no1. The van der Waals surface area contributed by atoms with E-state index in [9.17, 15) is 0 Å². The summed E-state index contributed by atoms with van der Waals surface area (Å²) in [7, 11) is 0. The van der Waals surface area contributed by atoms with Crippen LogP contribution in [0.15, 0.2) is 4.52 Å². The second-order valence-corrected chi connectivity index (χ2v) is 5.57. The lowest BCUT2D eigenvalue weighted by atomic mass is 9.95. The molecule has 0 amide bonds. The molecule has 0 saturated carbocycles. The second-order valence-electron chi connectivity index (χ2n) is 5.57. The monoisotopic (exact) mass is 239 g/mol. The second kappa shape index (κ2) is 6.74. The molecule has 1 heterocycles. The van der Waals surface area contributed by atoms with Gasteiger partial charge in [-0.05, 0) is 24.7 Å². The minimum atomic E-state index is 0.536. The number of rotatable bonds is 7. The number of nitrogens with zero attached hydrogens (tertiary/aromatic N) is 2. The fourth-order valence-electron chi connectivity index (χ4n) is 2.05. The van der Waals surface area contributed by atoms with Crippen molar-refractivity contribution in [3.8, 4) is 0 Å². The summed E-state index contributed by atoms with van der Waals surface area (Å²) in [5, 5.41) is 7.42. The molecule has 0 aromatic carbocycles. The molecule has 1 rings (SSSR count). The molecule has 0 bridgehead atoms. The maximum Gasteiger partial charge on any atom is 0.223 e. The van der Waals surface area contributed by atoms with Crippen molar-refractivity contribution in [3.05, 3.63) is 11.7 Å². The molecule has 0 radical (unpaired) electrons. The average molecular weight is 239 g/mol. The summed E-state index contributed by atoms with van der Waals surface area (Å²) in [6.45, 7) is 11.5. The Balaban J connectivity index is 2.42. The van der Waals surface area contributed by atoms with Gasteiger partial charge in [-0.1, -0.05) is 32.9 Å². The summed E-state index contributed by atoms with van der Waals surface area (Å²) in [5.74, 6) is 2.79. The van der Waals surface area contributed by atoms with Crippen LogP contribution in [0.1, 0.15) is 52.3 Å². The molecular formula is C13H25N3O. The van der Waals surface area contributed by atoms with E-state index in [-0.39, 0.29) is 0 Å². The van der Waals surface area contributed by atoms with E-state index >= 15 is 0 Å². The Morgan fingerprint density at radius 2 is 1.71 bits per heavy atom. The summed E-state index contributed by atoms with van der Waals surface area (Å²) in [6, 6.07) is 0.536. The van der Waals surface area contributed by atoms with Crippen LogP contribution in [0.4, 0.5) is 0 Å².